The van der Waals surface area contributed by atoms with E-state index in [1.54, 1.807) is 0 Å². The second-order valence-corrected chi connectivity index (χ2v) is 63.5. The van der Waals surface area contributed by atoms with Crippen LogP contribution >= 0.6 is 0 Å². The number of hydrogen-bond acceptors (Lipinski definition) is 14. The highest BCUT2D eigenvalue weighted by atomic mass is 28.6. The first-order valence-corrected chi connectivity index (χ1v) is 61.0. The minimum atomic E-state index is -5.79. The lowest BCUT2D eigenvalue weighted by atomic mass is 10.4. The molecule has 0 radical (unpaired) electrons. The lowest BCUT2D eigenvalue weighted by Crippen LogP contribution is -2.91. The molecule has 14 nitrogen and oxygen atoms in total. The quantitative estimate of drug-likeness (QED) is 0.0567. The minimum Gasteiger partial charge on any atom is -0.407 e. The van der Waals surface area contributed by atoms with Crippen molar-refractivity contribution in [3.63, 3.8) is 0 Å². The second kappa shape index (κ2) is 36.2. The van der Waals surface area contributed by atoms with Crippen LogP contribution in [0.3, 0.4) is 0 Å². The largest absolute Gasteiger partial charge is 0.515 e. The Balaban J connectivity index is 1.05. The summed E-state index contributed by atoms with van der Waals surface area (Å²) >= 11 is 0. The molecule has 4 aliphatic heterocycles. The molecule has 600 valence electrons. The molecule has 20 rings (SSSR count). The van der Waals surface area contributed by atoms with Crippen LogP contribution in [0.1, 0.15) is 0 Å². The smallest absolute Gasteiger partial charge is 0.407 e. The zero-order valence-electron chi connectivity index (χ0n) is 66.2. The summed E-state index contributed by atoms with van der Waals surface area (Å²) in [4.78, 5) is 0. The van der Waals surface area contributed by atoms with Gasteiger partial charge in [-0.15, -0.1) is 0 Å². The minimum absolute atomic E-state index is 0.427. The summed E-state index contributed by atoms with van der Waals surface area (Å²) in [6.45, 7) is 0. The average Bonchev–Trinajstić information content (AvgIpc) is 0.684. The third-order valence-corrected chi connectivity index (χ3v) is 68.1. The van der Waals surface area contributed by atoms with Crippen molar-refractivity contribution in [2.45, 2.75) is 0 Å². The van der Waals surface area contributed by atoms with Gasteiger partial charge in [0.25, 0.3) is 0 Å². The molecule has 0 spiro atoms. The Morgan fingerprint density at radius 2 is 0.230 bits per heavy atom. The second-order valence-electron chi connectivity index (χ2n) is 29.7. The van der Waals surface area contributed by atoms with E-state index in [1.165, 1.54) is 0 Å². The van der Waals surface area contributed by atoms with Gasteiger partial charge in [0.2, 0.25) is 36.2 Å². The molecule has 0 N–H and O–H groups in total. The van der Waals surface area contributed by atoms with Crippen LogP contribution in [0.5, 0.6) is 0 Å². The summed E-state index contributed by atoms with van der Waals surface area (Å²) in [5.41, 5.74) is 0. The molecule has 16 aromatic carbocycles. The summed E-state index contributed by atoms with van der Waals surface area (Å²) in [6, 6.07) is 162. The first-order valence-electron chi connectivity index (χ1n) is 40.7. The van der Waals surface area contributed by atoms with E-state index in [9.17, 15) is 41.2 Å². The van der Waals surface area contributed by atoms with Crippen molar-refractivity contribution in [2.75, 3.05) is 0 Å². The van der Waals surface area contributed by atoms with Gasteiger partial charge in [0.15, 0.2) is 0 Å². The Kier molecular flexibility index (Phi) is 24.1. The van der Waals surface area contributed by atoms with Crippen LogP contribution < -0.4 is 83.0 Å². The van der Waals surface area contributed by atoms with E-state index < -0.39 is 107 Å². The summed E-state index contributed by atoms with van der Waals surface area (Å²) in [5, 5.41) is 11.1. The lowest BCUT2D eigenvalue weighted by molar-refractivity contribution is 0.0501. The third kappa shape index (κ3) is 16.8. The van der Waals surface area contributed by atoms with Gasteiger partial charge < -0.3 is 57.6 Å². The number of benzene rings is 16. The molecule has 4 heterocycles. The van der Waals surface area contributed by atoms with Crippen molar-refractivity contribution < 1.29 is 57.6 Å². The Labute approximate surface area is 726 Å². The highest BCUT2D eigenvalue weighted by Crippen LogP contribution is 2.44. The van der Waals surface area contributed by atoms with Gasteiger partial charge >= 0.3 is 70.4 Å². The van der Waals surface area contributed by atoms with E-state index in [1.807, 2.05) is 388 Å². The molecule has 4 aliphatic rings. The maximum atomic E-state index is 9.50. The average molecular weight is 1800 g/mol. The fourth-order valence-corrected chi connectivity index (χ4v) is 75.5. The van der Waals surface area contributed by atoms with Crippen LogP contribution in [0, 0.1) is 0 Å². The topological polar surface area (TPSA) is 129 Å². The lowest BCUT2D eigenvalue weighted by Gasteiger charge is -2.57. The van der Waals surface area contributed by atoms with Crippen molar-refractivity contribution in [3.05, 3.63) is 485 Å². The zero-order valence-corrected chi connectivity index (χ0v) is 78.8. The summed E-state index contributed by atoms with van der Waals surface area (Å²) < 4.78 is 129. The highest BCUT2D eigenvalue weighted by Gasteiger charge is 2.81. The van der Waals surface area contributed by atoms with Crippen molar-refractivity contribution in [1.82, 2.24) is 0 Å². The summed E-state index contributed by atoms with van der Waals surface area (Å²) in [5.74, 6) is 0. The fourth-order valence-electron chi connectivity index (χ4n) is 15.8. The normalized spacial score (nSPS) is 23.4. The molecular formula is C96H84O14Si12. The van der Waals surface area contributed by atoms with Gasteiger partial charge in [0.05, 0.1) is 0 Å². The van der Waals surface area contributed by atoms with E-state index in [2.05, 4.69) is 97.1 Å². The van der Waals surface area contributed by atoms with E-state index in [0.29, 0.717) is 41.5 Å². The SMILES string of the molecule is c1ccc([SiH](O[Si]2(c3ccccc3)O[Si]3(c4ccccc4)O[Si](O[SiH](c4ccccc4)c4ccccc4)(c4ccccc4)O[Si](c4ccccc4)(O2)O[Si]2(c4ccccc4)O[Si](O[SiH](c4ccccc4)c4ccccc4)(c4ccccc4)O[Si](c4ccccc4)(O[Si](O[SiH](c4ccccc4)c4ccccc4)(c4ccccc4)O2)O3)c2ccccc2)cc1. The molecule has 0 saturated carbocycles. The summed E-state index contributed by atoms with van der Waals surface area (Å²) in [6.07, 6.45) is 0. The molecule has 4 bridgehead atoms. The third-order valence-electron chi connectivity index (χ3n) is 21.6. The van der Waals surface area contributed by atoms with Gasteiger partial charge in [0.1, 0.15) is 0 Å². The van der Waals surface area contributed by atoms with Gasteiger partial charge in [-0.3, -0.25) is 0 Å². The molecule has 16 aromatic rings. The molecule has 4 fully saturated rings. The fraction of sp³-hybridized carbons (Fsp3) is 0. The molecule has 0 amide bonds. The maximum Gasteiger partial charge on any atom is 0.515 e. The predicted octanol–water partition coefficient (Wildman–Crippen LogP) is 7.18. The molecule has 0 aromatic heterocycles. The molecule has 122 heavy (non-hydrogen) atoms. The van der Waals surface area contributed by atoms with Crippen molar-refractivity contribution in [3.8, 4) is 0 Å². The van der Waals surface area contributed by atoms with Gasteiger partial charge in [-0.25, -0.2) is 0 Å². The van der Waals surface area contributed by atoms with Crippen LogP contribution in [0.15, 0.2) is 485 Å². The van der Waals surface area contributed by atoms with Crippen molar-refractivity contribution >= 4 is 190 Å². The Bertz CT molecular complexity index is 5110. The number of fused-ring (bicyclic) bond motifs is 4. The molecular weight excluding hydrogens is 1710 g/mol. The Morgan fingerprint density at radius 3 is 0.352 bits per heavy atom. The zero-order chi connectivity index (χ0) is 82.0. The van der Waals surface area contributed by atoms with Crippen LogP contribution in [-0.4, -0.2) is 107 Å². The molecule has 0 unspecified atom stereocenters. The Hall–Kier alpha value is -10.4. The predicted molar refractivity (Wildman–Crippen MR) is 507 cm³/mol. The summed E-state index contributed by atoms with van der Waals surface area (Å²) in [7, 11) is -57.8. The molecule has 0 atom stereocenters. The first-order chi connectivity index (χ1) is 60.2. The van der Waals surface area contributed by atoms with E-state index in [0.717, 1.165) is 41.5 Å². The monoisotopic (exact) mass is 1800 g/mol. The first kappa shape index (κ1) is 81.2. The highest BCUT2D eigenvalue weighted by molar-refractivity contribution is 7.12. The van der Waals surface area contributed by atoms with Gasteiger partial charge in [0, 0.05) is 41.5 Å². The van der Waals surface area contributed by atoms with Gasteiger partial charge in [-0.05, 0) is 41.5 Å². The van der Waals surface area contributed by atoms with Crippen LogP contribution in [-0.2, 0) is 57.6 Å². The molecule has 26 heteroatoms. The van der Waals surface area contributed by atoms with E-state index in [4.69, 9.17) is 16.5 Å². The molecule has 4 saturated heterocycles. The van der Waals surface area contributed by atoms with Gasteiger partial charge in [-0.2, -0.15) is 0 Å². The van der Waals surface area contributed by atoms with E-state index >= 15 is 0 Å². The van der Waals surface area contributed by atoms with Crippen molar-refractivity contribution in [1.29, 1.82) is 0 Å². The van der Waals surface area contributed by atoms with E-state index in [-0.39, 0.29) is 0 Å². The Morgan fingerprint density at radius 1 is 0.123 bits per heavy atom. The van der Waals surface area contributed by atoms with Gasteiger partial charge in [-0.1, -0.05) is 485 Å². The standard InChI is InChI=1S/C96H84O14Si12/c1-17-49-81(50-18-1)111(82-51-19-2-20-52-82)97-115(89-65-33-9-34-66-89)101-119(93-73-41-13-42-74-93)103-116(90-67-35-10-36-68-90,98-112(83-53-21-3-22-54-83)84-55-23-4-24-56-84)104-120(102-115,94-75-43-14-44-76-94)110-122(96-79-47-16-48-80-96)106-117(91-69-37-11-38-70-91,99-113(85-57-25-5-26-58-85)86-59-27-6-28-60-86)105-121(109-119,95-77-45-15-46-78-95)107-118(108-122,92-71-39-12-40-72-92)100-114(87-61-29-7-30-62-87)88-63-31-8-32-64-88/h1-80,111-114H. The van der Waals surface area contributed by atoms with Crippen LogP contribution in [0.4, 0.5) is 0 Å². The number of rotatable bonds is 24. The molecule has 0 aliphatic carbocycles. The van der Waals surface area contributed by atoms with Crippen molar-refractivity contribution in [2.24, 2.45) is 0 Å². The van der Waals surface area contributed by atoms with Crippen LogP contribution in [0.2, 0.25) is 0 Å². The maximum absolute atomic E-state index is 9.50. The number of hydrogen-bond donors (Lipinski definition) is 0. The van der Waals surface area contributed by atoms with Crippen LogP contribution in [0.25, 0.3) is 0 Å².